The van der Waals surface area contributed by atoms with Crippen LogP contribution in [0.1, 0.15) is 12.6 Å². The van der Waals surface area contributed by atoms with Crippen LogP contribution in [-0.2, 0) is 21.0 Å². The number of halogens is 1. The molecule has 3 atom stereocenters. The minimum atomic E-state index is -2.67. The average molecular weight is 373 g/mol. The molecular weight excluding hydrogens is 356 g/mol. The Bertz CT molecular complexity index is 764. The van der Waals surface area contributed by atoms with Crippen LogP contribution in [-0.4, -0.2) is 86.8 Å². The summed E-state index contributed by atoms with van der Waals surface area (Å²) in [7, 11) is 0. The third-order valence-corrected chi connectivity index (χ3v) is 4.03. The van der Waals surface area contributed by atoms with Crippen molar-refractivity contribution < 1.29 is 28.7 Å². The Labute approximate surface area is 165 Å². The van der Waals surface area contributed by atoms with Crippen LogP contribution in [0.2, 0.25) is 0 Å². The second-order valence-electron chi connectivity index (χ2n) is 5.82. The molecule has 2 N–H and O–H groups in total. The molecule has 140 valence electrons. The quantitative estimate of drug-likeness (QED) is 0.494. The molecule has 2 aliphatic heterocycles. The number of aromatic nitrogens is 2. The normalized spacial score (nSPS) is 22.0. The second kappa shape index (κ2) is 8.47. The maximum absolute atomic E-state index is 13.3. The predicted molar refractivity (Wildman–Crippen MR) is 89.9 cm³/mol. The molecule has 1 aromatic heterocycles. The van der Waals surface area contributed by atoms with E-state index in [0.717, 1.165) is 0 Å². The summed E-state index contributed by atoms with van der Waals surface area (Å²) in [6.45, 7) is 1.88. The number of fused-ring (bicyclic) bond motifs is 2. The van der Waals surface area contributed by atoms with Gasteiger partial charge in [0.2, 0.25) is 5.91 Å². The van der Waals surface area contributed by atoms with Crippen molar-refractivity contribution in [2.75, 3.05) is 6.54 Å². The van der Waals surface area contributed by atoms with Crippen LogP contribution in [0.5, 0.6) is 0 Å². The molecule has 0 saturated carbocycles. The van der Waals surface area contributed by atoms with E-state index in [1.165, 1.54) is 23.5 Å². The molecule has 0 aromatic carbocycles. The van der Waals surface area contributed by atoms with Crippen molar-refractivity contribution in [3.8, 4) is 0 Å². The van der Waals surface area contributed by atoms with Crippen LogP contribution in [0.4, 0.5) is 9.18 Å². The molecule has 10 nitrogen and oxygen atoms in total. The third kappa shape index (κ3) is 4.27. The third-order valence-electron chi connectivity index (χ3n) is 4.03. The maximum atomic E-state index is 13.3. The molecule has 0 spiro atoms. The van der Waals surface area contributed by atoms with Gasteiger partial charge in [-0.3, -0.25) is 14.8 Å². The molecule has 3 heterocycles. The van der Waals surface area contributed by atoms with Gasteiger partial charge in [-0.2, -0.15) is 5.06 Å². The van der Waals surface area contributed by atoms with E-state index in [9.17, 15) is 18.8 Å². The number of hydrogen-bond acceptors (Lipinski definition) is 6. The Hall–Kier alpha value is -2.48. The zero-order valence-corrected chi connectivity index (χ0v) is 13.7. The number of hydrogen-bond donors (Lipinski definition) is 2. The fraction of sp³-hybridized carbons (Fsp3) is 0.400. The van der Waals surface area contributed by atoms with E-state index in [1.807, 2.05) is 0 Å². The van der Waals surface area contributed by atoms with Crippen LogP contribution >= 0.6 is 0 Å². The number of nitrogens with zero attached hydrogens (tertiary/aromatic N) is 4. The molecule has 0 radical (unpaired) electrons. The first-order valence-corrected chi connectivity index (χ1v) is 7.73. The molecule has 1 aromatic rings. The molecule has 1 unspecified atom stereocenters. The summed E-state index contributed by atoms with van der Waals surface area (Å²) in [5.41, 5.74) is 1.12. The monoisotopic (exact) mass is 373 g/mol. The number of carboxylic acids is 1. The Morgan fingerprint density at radius 3 is 2.85 bits per heavy atom. The van der Waals surface area contributed by atoms with Gasteiger partial charge in [-0.15, -0.1) is 0 Å². The Morgan fingerprint density at radius 2 is 2.22 bits per heavy atom. The summed E-state index contributed by atoms with van der Waals surface area (Å²) in [6, 6.07) is -2.33. The minimum absolute atomic E-state index is 0. The van der Waals surface area contributed by atoms with Crippen molar-refractivity contribution in [2.45, 2.75) is 31.9 Å². The van der Waals surface area contributed by atoms with Gasteiger partial charge >= 0.3 is 37.2 Å². The number of aliphatic carboxylic acids is 1. The summed E-state index contributed by atoms with van der Waals surface area (Å²) < 4.78 is 13.3. The molecule has 1 saturated heterocycles. The number of carboxylic acid groups (broad SMARTS) is 1. The predicted octanol–water partition coefficient (Wildman–Crippen LogP) is -0.809. The van der Waals surface area contributed by atoms with E-state index in [2.05, 4.69) is 20.1 Å². The standard InChI is InChI=1S/C15H16FN5O5.Li.H/c1-8-4-10-7-20(15(25)21(10)26-12(16)14(23)24)11(8)13(22)19-6-9-5-17-2-3-18-9;;/h2-5,10-12H,6-7H2,1H3,(H,19,22)(H,23,24);;/t10-,11+,12?;;/m1../s1. The van der Waals surface area contributed by atoms with Gasteiger partial charge in [0.1, 0.15) is 6.04 Å². The average Bonchev–Trinajstić information content (AvgIpc) is 2.86. The molecular formula is C15H17FLiN5O5. The zero-order valence-electron chi connectivity index (χ0n) is 13.7. The van der Waals surface area contributed by atoms with E-state index in [4.69, 9.17) is 5.11 Å². The van der Waals surface area contributed by atoms with Gasteiger partial charge in [0.15, 0.2) is 0 Å². The summed E-state index contributed by atoms with van der Waals surface area (Å²) >= 11 is 0. The van der Waals surface area contributed by atoms with Crippen molar-refractivity contribution in [3.63, 3.8) is 0 Å². The number of rotatable bonds is 6. The van der Waals surface area contributed by atoms with E-state index in [0.29, 0.717) is 16.3 Å². The van der Waals surface area contributed by atoms with Crippen LogP contribution in [0, 0.1) is 0 Å². The first-order chi connectivity index (χ1) is 12.4. The van der Waals surface area contributed by atoms with E-state index < -0.39 is 36.3 Å². The first kappa shape index (κ1) is 20.8. The van der Waals surface area contributed by atoms with Crippen molar-refractivity contribution in [2.24, 2.45) is 0 Å². The van der Waals surface area contributed by atoms with Gasteiger partial charge in [-0.25, -0.2) is 18.8 Å². The van der Waals surface area contributed by atoms with Crippen molar-refractivity contribution >= 4 is 36.8 Å². The van der Waals surface area contributed by atoms with E-state index in [1.54, 1.807) is 13.0 Å². The Kier molecular flexibility index (Phi) is 6.53. The summed E-state index contributed by atoms with van der Waals surface area (Å²) in [5, 5.41) is 11.9. The molecule has 2 aliphatic rings. The Morgan fingerprint density at radius 1 is 1.48 bits per heavy atom. The number of alkyl halides is 1. The van der Waals surface area contributed by atoms with Crippen molar-refractivity contribution in [1.82, 2.24) is 25.2 Å². The number of carbonyl (C=O) groups is 3. The molecule has 3 rings (SSSR count). The number of urea groups is 1. The fourth-order valence-electron chi connectivity index (χ4n) is 2.91. The van der Waals surface area contributed by atoms with E-state index >= 15 is 0 Å². The number of amides is 3. The van der Waals surface area contributed by atoms with Gasteiger partial charge in [-0.05, 0) is 12.5 Å². The molecule has 1 fully saturated rings. The molecule has 2 bridgehead atoms. The van der Waals surface area contributed by atoms with Crippen molar-refractivity contribution in [1.29, 1.82) is 0 Å². The molecule has 0 aliphatic carbocycles. The summed E-state index contributed by atoms with van der Waals surface area (Å²) in [4.78, 5) is 49.3. The van der Waals surface area contributed by atoms with Crippen LogP contribution in [0.3, 0.4) is 0 Å². The number of hydroxylamine groups is 2. The van der Waals surface area contributed by atoms with Crippen molar-refractivity contribution in [3.05, 3.63) is 35.9 Å². The SMILES string of the molecule is CC1=C[C@@H]2CN(C(=O)N2OC(F)C(=O)O)[C@@H]1C(=O)NCc1cnccn1.[LiH]. The first-order valence-electron chi connectivity index (χ1n) is 7.73. The van der Waals surface area contributed by atoms with E-state index in [-0.39, 0.29) is 32.0 Å². The van der Waals surface area contributed by atoms with Crippen LogP contribution in [0.25, 0.3) is 0 Å². The van der Waals surface area contributed by atoms with Gasteiger partial charge in [-0.1, -0.05) is 6.08 Å². The van der Waals surface area contributed by atoms with Gasteiger partial charge in [0, 0.05) is 12.4 Å². The van der Waals surface area contributed by atoms with Gasteiger partial charge < -0.3 is 15.3 Å². The van der Waals surface area contributed by atoms with Crippen LogP contribution in [0.15, 0.2) is 30.2 Å². The molecule has 27 heavy (non-hydrogen) atoms. The summed E-state index contributed by atoms with van der Waals surface area (Å²) in [5.74, 6) is -2.28. The van der Waals surface area contributed by atoms with Gasteiger partial charge in [0.25, 0.3) is 0 Å². The summed E-state index contributed by atoms with van der Waals surface area (Å²) in [6.07, 6.45) is 3.42. The van der Waals surface area contributed by atoms with Crippen LogP contribution < -0.4 is 5.32 Å². The van der Waals surface area contributed by atoms with Gasteiger partial charge in [0.05, 0.1) is 31.0 Å². The number of carbonyl (C=O) groups excluding carboxylic acids is 2. The Balaban J connectivity index is 0.00000261. The zero-order chi connectivity index (χ0) is 18.8. The number of nitrogens with one attached hydrogen (secondary N) is 1. The fourth-order valence-corrected chi connectivity index (χ4v) is 2.91. The molecule has 3 amide bonds. The molecule has 12 heteroatoms. The second-order valence-corrected chi connectivity index (χ2v) is 5.82. The topological polar surface area (TPSA) is 125 Å².